The highest BCUT2D eigenvalue weighted by molar-refractivity contribution is 9.10. The highest BCUT2D eigenvalue weighted by Crippen LogP contribution is 2.25. The predicted molar refractivity (Wildman–Crippen MR) is 93.8 cm³/mol. The molecule has 0 radical (unpaired) electrons. The topological polar surface area (TPSA) is 49.8 Å². The number of para-hydroxylation sites is 1. The zero-order valence-electron chi connectivity index (χ0n) is 12.6. The molecule has 2 aromatic carbocycles. The van der Waals surface area contributed by atoms with Crippen molar-refractivity contribution < 1.29 is 8.78 Å². The van der Waals surface area contributed by atoms with Crippen LogP contribution in [0.1, 0.15) is 5.69 Å². The maximum absolute atomic E-state index is 13.3. The molecule has 1 heterocycles. The van der Waals surface area contributed by atoms with Crippen LogP contribution in [-0.4, -0.2) is 9.97 Å². The van der Waals surface area contributed by atoms with Gasteiger partial charge in [0.1, 0.15) is 5.82 Å². The second kappa shape index (κ2) is 6.92. The molecule has 24 heavy (non-hydrogen) atoms. The number of aromatic nitrogens is 2. The first-order valence-corrected chi connectivity index (χ1v) is 7.90. The highest BCUT2D eigenvalue weighted by atomic mass is 79.9. The minimum atomic E-state index is -0.919. The molecule has 0 bridgehead atoms. The first-order chi connectivity index (χ1) is 11.5. The van der Waals surface area contributed by atoms with Crippen LogP contribution in [0, 0.1) is 18.6 Å². The molecule has 0 saturated heterocycles. The summed E-state index contributed by atoms with van der Waals surface area (Å²) in [7, 11) is 0. The molecule has 7 heteroatoms. The maximum atomic E-state index is 13.3. The average molecular weight is 391 g/mol. The molecule has 0 fully saturated rings. The number of hydrogen-bond acceptors (Lipinski definition) is 4. The quantitative estimate of drug-likeness (QED) is 0.633. The molecule has 3 rings (SSSR count). The number of rotatable bonds is 4. The van der Waals surface area contributed by atoms with Gasteiger partial charge >= 0.3 is 0 Å². The molecule has 0 aliphatic heterocycles. The van der Waals surface area contributed by atoms with E-state index in [1.807, 2.05) is 31.2 Å². The Hall–Kier alpha value is -2.54. The molecule has 0 amide bonds. The second-order valence-electron chi connectivity index (χ2n) is 5.08. The van der Waals surface area contributed by atoms with E-state index < -0.39 is 11.6 Å². The third-order valence-corrected chi connectivity index (χ3v) is 3.86. The van der Waals surface area contributed by atoms with Crippen molar-refractivity contribution in [2.24, 2.45) is 0 Å². The van der Waals surface area contributed by atoms with Crippen LogP contribution in [0.5, 0.6) is 0 Å². The van der Waals surface area contributed by atoms with Crippen LogP contribution >= 0.6 is 15.9 Å². The molecule has 122 valence electrons. The smallest absolute Gasteiger partial charge is 0.229 e. The monoisotopic (exact) mass is 390 g/mol. The largest absolute Gasteiger partial charge is 0.340 e. The summed E-state index contributed by atoms with van der Waals surface area (Å²) in [5.74, 6) is -0.942. The van der Waals surface area contributed by atoms with Gasteiger partial charge in [-0.15, -0.1) is 0 Å². The average Bonchev–Trinajstić information content (AvgIpc) is 2.53. The van der Waals surface area contributed by atoms with Crippen molar-refractivity contribution in [1.82, 2.24) is 9.97 Å². The van der Waals surface area contributed by atoms with Crippen LogP contribution in [0.15, 0.2) is 53.0 Å². The Bertz CT molecular complexity index is 886. The van der Waals surface area contributed by atoms with Crippen LogP contribution in [-0.2, 0) is 0 Å². The predicted octanol–water partition coefficient (Wildman–Crippen LogP) is 5.31. The van der Waals surface area contributed by atoms with Crippen LogP contribution in [0.4, 0.5) is 31.9 Å². The van der Waals surface area contributed by atoms with E-state index in [2.05, 4.69) is 36.5 Å². The molecule has 2 N–H and O–H groups in total. The molecule has 3 aromatic rings. The van der Waals surface area contributed by atoms with E-state index >= 15 is 0 Å². The van der Waals surface area contributed by atoms with Crippen molar-refractivity contribution in [3.8, 4) is 0 Å². The fourth-order valence-electron chi connectivity index (χ4n) is 2.09. The number of halogens is 3. The molecule has 4 nitrogen and oxygen atoms in total. The van der Waals surface area contributed by atoms with E-state index in [1.165, 1.54) is 6.07 Å². The molecule has 0 saturated carbocycles. The van der Waals surface area contributed by atoms with Crippen molar-refractivity contribution in [2.75, 3.05) is 10.6 Å². The van der Waals surface area contributed by atoms with Gasteiger partial charge in [-0.05, 0) is 47.1 Å². The lowest BCUT2D eigenvalue weighted by Crippen LogP contribution is -2.03. The summed E-state index contributed by atoms with van der Waals surface area (Å²) in [4.78, 5) is 8.67. The zero-order valence-corrected chi connectivity index (χ0v) is 14.2. The van der Waals surface area contributed by atoms with Gasteiger partial charge in [0.05, 0.1) is 5.69 Å². The Labute approximate surface area is 146 Å². The molecule has 0 unspecified atom stereocenters. The summed E-state index contributed by atoms with van der Waals surface area (Å²) in [6, 6.07) is 12.9. The summed E-state index contributed by atoms with van der Waals surface area (Å²) in [5, 5.41) is 6.06. The highest BCUT2D eigenvalue weighted by Gasteiger charge is 2.07. The van der Waals surface area contributed by atoms with Gasteiger partial charge < -0.3 is 10.6 Å². The minimum Gasteiger partial charge on any atom is -0.340 e. The summed E-state index contributed by atoms with van der Waals surface area (Å²) in [6.45, 7) is 1.82. The van der Waals surface area contributed by atoms with E-state index in [-0.39, 0.29) is 0 Å². The minimum absolute atomic E-state index is 0.395. The van der Waals surface area contributed by atoms with E-state index in [1.54, 1.807) is 6.07 Å². The molecule has 1 aromatic heterocycles. The van der Waals surface area contributed by atoms with Crippen molar-refractivity contribution in [1.29, 1.82) is 0 Å². The summed E-state index contributed by atoms with van der Waals surface area (Å²) < 4.78 is 27.2. The van der Waals surface area contributed by atoms with Crippen LogP contribution in [0.3, 0.4) is 0 Å². The van der Waals surface area contributed by atoms with Gasteiger partial charge in [-0.1, -0.05) is 12.1 Å². The number of nitrogens with one attached hydrogen (secondary N) is 2. The number of aryl methyl sites for hydroxylation is 1. The van der Waals surface area contributed by atoms with Crippen molar-refractivity contribution >= 4 is 39.1 Å². The van der Waals surface area contributed by atoms with Crippen molar-refractivity contribution in [3.63, 3.8) is 0 Å². The van der Waals surface area contributed by atoms with Crippen molar-refractivity contribution in [3.05, 3.63) is 70.3 Å². The molecular weight excluding hydrogens is 378 g/mol. The number of hydrogen-bond donors (Lipinski definition) is 2. The van der Waals surface area contributed by atoms with Gasteiger partial charge in [0.25, 0.3) is 0 Å². The molecule has 0 aliphatic rings. The SMILES string of the molecule is Cc1cc(Nc2ccc(F)c(F)c2)nc(Nc2ccccc2Br)n1. The number of benzene rings is 2. The Morgan fingerprint density at radius 2 is 1.71 bits per heavy atom. The van der Waals surface area contributed by atoms with Gasteiger partial charge in [0.2, 0.25) is 5.95 Å². The van der Waals surface area contributed by atoms with Crippen LogP contribution in [0.25, 0.3) is 0 Å². The Balaban J connectivity index is 1.86. The van der Waals surface area contributed by atoms with Gasteiger partial charge in [-0.2, -0.15) is 4.98 Å². The zero-order chi connectivity index (χ0) is 17.1. The summed E-state index contributed by atoms with van der Waals surface area (Å²) in [6.07, 6.45) is 0. The molecule has 0 aliphatic carbocycles. The lowest BCUT2D eigenvalue weighted by atomic mass is 10.3. The van der Waals surface area contributed by atoms with Crippen LogP contribution in [0.2, 0.25) is 0 Å². The fraction of sp³-hybridized carbons (Fsp3) is 0.0588. The lowest BCUT2D eigenvalue weighted by Gasteiger charge is -2.11. The fourth-order valence-corrected chi connectivity index (χ4v) is 2.48. The van der Waals surface area contributed by atoms with E-state index in [4.69, 9.17) is 0 Å². The Morgan fingerprint density at radius 3 is 2.46 bits per heavy atom. The summed E-state index contributed by atoms with van der Waals surface area (Å²) >= 11 is 3.45. The van der Waals surface area contributed by atoms with Gasteiger partial charge in [0, 0.05) is 28.0 Å². The third kappa shape index (κ3) is 3.86. The number of anilines is 4. The van der Waals surface area contributed by atoms with Gasteiger partial charge in [-0.25, -0.2) is 13.8 Å². The Morgan fingerprint density at radius 1 is 0.917 bits per heavy atom. The first-order valence-electron chi connectivity index (χ1n) is 7.10. The molecule has 0 spiro atoms. The van der Waals surface area contributed by atoms with E-state index in [9.17, 15) is 8.78 Å². The van der Waals surface area contributed by atoms with Gasteiger partial charge in [0.15, 0.2) is 11.6 Å². The molecule has 0 atom stereocenters. The maximum Gasteiger partial charge on any atom is 0.229 e. The van der Waals surface area contributed by atoms with Crippen molar-refractivity contribution in [2.45, 2.75) is 6.92 Å². The third-order valence-electron chi connectivity index (χ3n) is 3.17. The molecular formula is C17H13BrF2N4. The number of nitrogens with zero attached hydrogens (tertiary/aromatic N) is 2. The first kappa shape index (κ1) is 16.3. The standard InChI is InChI=1S/C17H13BrF2N4/c1-10-8-16(22-11-6-7-13(19)14(20)9-11)24-17(21-10)23-15-5-3-2-4-12(15)18/h2-9H,1H3,(H2,21,22,23,24). The van der Waals surface area contributed by atoms with E-state index in [0.717, 1.165) is 28.0 Å². The van der Waals surface area contributed by atoms with Gasteiger partial charge in [-0.3, -0.25) is 0 Å². The summed E-state index contributed by atoms with van der Waals surface area (Å²) in [5.41, 5.74) is 1.95. The van der Waals surface area contributed by atoms with E-state index in [0.29, 0.717) is 17.5 Å². The Kier molecular flexibility index (Phi) is 4.71. The second-order valence-corrected chi connectivity index (χ2v) is 5.93. The van der Waals surface area contributed by atoms with Crippen LogP contribution < -0.4 is 10.6 Å². The normalized spacial score (nSPS) is 10.5. The lowest BCUT2D eigenvalue weighted by molar-refractivity contribution is 0.509.